The first-order valence-corrected chi connectivity index (χ1v) is 6.97. The highest BCUT2D eigenvalue weighted by Crippen LogP contribution is 2.18. The summed E-state index contributed by atoms with van der Waals surface area (Å²) in [5.41, 5.74) is 1.24. The van der Waals surface area contributed by atoms with E-state index in [1.165, 1.54) is 5.56 Å². The zero-order chi connectivity index (χ0) is 12.8. The van der Waals surface area contributed by atoms with Gasteiger partial charge in [0.05, 0.1) is 6.54 Å². The summed E-state index contributed by atoms with van der Waals surface area (Å²) in [6.07, 6.45) is 0.780. The molecule has 0 aliphatic heterocycles. The summed E-state index contributed by atoms with van der Waals surface area (Å²) in [7, 11) is 0. The SMILES string of the molecule is Cc1nnc(SCCCO)n1Cc1ccccc1. The number of aryl methyl sites for hydroxylation is 1. The second kappa shape index (κ2) is 6.56. The number of aliphatic hydroxyl groups excluding tert-OH is 1. The summed E-state index contributed by atoms with van der Waals surface area (Å²) >= 11 is 1.64. The minimum absolute atomic E-state index is 0.221. The van der Waals surface area contributed by atoms with Crippen molar-refractivity contribution in [2.24, 2.45) is 0 Å². The fraction of sp³-hybridized carbons (Fsp3) is 0.385. The average molecular weight is 263 g/mol. The van der Waals surface area contributed by atoms with E-state index in [1.807, 2.05) is 25.1 Å². The molecule has 0 unspecified atom stereocenters. The van der Waals surface area contributed by atoms with Crippen molar-refractivity contribution in [3.8, 4) is 0 Å². The van der Waals surface area contributed by atoms with E-state index in [-0.39, 0.29) is 6.61 Å². The van der Waals surface area contributed by atoms with Crippen LogP contribution in [0.25, 0.3) is 0 Å². The molecule has 0 fully saturated rings. The Morgan fingerprint density at radius 1 is 1.22 bits per heavy atom. The minimum Gasteiger partial charge on any atom is -0.396 e. The van der Waals surface area contributed by atoms with Crippen LogP contribution < -0.4 is 0 Å². The zero-order valence-corrected chi connectivity index (χ0v) is 11.2. The van der Waals surface area contributed by atoms with Crippen LogP contribution in [0.4, 0.5) is 0 Å². The van der Waals surface area contributed by atoms with E-state index in [0.717, 1.165) is 29.7 Å². The number of nitrogens with zero attached hydrogens (tertiary/aromatic N) is 3. The van der Waals surface area contributed by atoms with Crippen molar-refractivity contribution < 1.29 is 5.11 Å². The van der Waals surface area contributed by atoms with Crippen LogP contribution in [0.5, 0.6) is 0 Å². The van der Waals surface area contributed by atoms with Crippen LogP contribution in [-0.4, -0.2) is 32.2 Å². The molecule has 1 aromatic heterocycles. The van der Waals surface area contributed by atoms with Gasteiger partial charge >= 0.3 is 0 Å². The molecule has 0 radical (unpaired) electrons. The van der Waals surface area contributed by atoms with E-state index in [1.54, 1.807) is 11.8 Å². The predicted molar refractivity (Wildman–Crippen MR) is 72.7 cm³/mol. The smallest absolute Gasteiger partial charge is 0.191 e. The lowest BCUT2D eigenvalue weighted by Crippen LogP contribution is -2.04. The fourth-order valence-corrected chi connectivity index (χ4v) is 2.55. The second-order valence-corrected chi connectivity index (χ2v) is 5.09. The summed E-state index contributed by atoms with van der Waals surface area (Å²) in [4.78, 5) is 0. The monoisotopic (exact) mass is 263 g/mol. The number of benzene rings is 1. The van der Waals surface area contributed by atoms with E-state index in [2.05, 4.69) is 26.9 Å². The Morgan fingerprint density at radius 2 is 2.00 bits per heavy atom. The molecule has 4 nitrogen and oxygen atoms in total. The molecule has 18 heavy (non-hydrogen) atoms. The van der Waals surface area contributed by atoms with Gasteiger partial charge in [0.2, 0.25) is 0 Å². The summed E-state index contributed by atoms with van der Waals surface area (Å²) in [5, 5.41) is 18.0. The molecule has 5 heteroatoms. The zero-order valence-electron chi connectivity index (χ0n) is 10.4. The van der Waals surface area contributed by atoms with Gasteiger partial charge < -0.3 is 9.67 Å². The molecule has 2 aromatic rings. The van der Waals surface area contributed by atoms with E-state index in [9.17, 15) is 0 Å². The molecule has 0 saturated heterocycles. The lowest BCUT2D eigenvalue weighted by Gasteiger charge is -2.08. The van der Waals surface area contributed by atoms with E-state index in [4.69, 9.17) is 5.11 Å². The number of thioether (sulfide) groups is 1. The molecule has 1 heterocycles. The number of rotatable bonds is 6. The largest absolute Gasteiger partial charge is 0.396 e. The van der Waals surface area contributed by atoms with Crippen molar-refractivity contribution in [2.75, 3.05) is 12.4 Å². The van der Waals surface area contributed by atoms with Gasteiger partial charge in [0.1, 0.15) is 5.82 Å². The van der Waals surface area contributed by atoms with E-state index >= 15 is 0 Å². The fourth-order valence-electron chi connectivity index (χ4n) is 1.64. The van der Waals surface area contributed by atoms with E-state index < -0.39 is 0 Å². The summed E-state index contributed by atoms with van der Waals surface area (Å²) < 4.78 is 2.11. The van der Waals surface area contributed by atoms with Gasteiger partial charge in [-0.05, 0) is 18.9 Å². The van der Waals surface area contributed by atoms with Gasteiger partial charge in [-0.3, -0.25) is 0 Å². The van der Waals surface area contributed by atoms with Crippen molar-refractivity contribution in [3.05, 3.63) is 41.7 Å². The molecule has 1 aromatic carbocycles. The van der Waals surface area contributed by atoms with Gasteiger partial charge in [0.25, 0.3) is 0 Å². The molecular formula is C13H17N3OS. The van der Waals surface area contributed by atoms with Gasteiger partial charge in [-0.25, -0.2) is 0 Å². The van der Waals surface area contributed by atoms with Crippen molar-refractivity contribution in [3.63, 3.8) is 0 Å². The Labute approximate surface area is 111 Å². The maximum Gasteiger partial charge on any atom is 0.191 e. The predicted octanol–water partition coefficient (Wildman–Crippen LogP) is 2.11. The molecule has 0 aliphatic carbocycles. The standard InChI is InChI=1S/C13H17N3OS/c1-11-14-15-13(18-9-5-8-17)16(11)10-12-6-3-2-4-7-12/h2-4,6-7,17H,5,8-10H2,1H3. The van der Waals surface area contributed by atoms with Crippen LogP contribution in [0.15, 0.2) is 35.5 Å². The molecule has 0 amide bonds. The molecule has 0 aliphatic rings. The Balaban J connectivity index is 2.09. The van der Waals surface area contributed by atoms with Crippen LogP contribution in [0.3, 0.4) is 0 Å². The van der Waals surface area contributed by atoms with Crippen LogP contribution in [0, 0.1) is 6.92 Å². The lowest BCUT2D eigenvalue weighted by atomic mass is 10.2. The third kappa shape index (κ3) is 3.34. The first-order chi connectivity index (χ1) is 8.81. The van der Waals surface area contributed by atoms with E-state index in [0.29, 0.717) is 0 Å². The Hall–Kier alpha value is -1.33. The molecule has 0 bridgehead atoms. The van der Waals surface area contributed by atoms with Gasteiger partial charge in [-0.1, -0.05) is 42.1 Å². The van der Waals surface area contributed by atoms with Crippen LogP contribution in [-0.2, 0) is 6.54 Å². The highest BCUT2D eigenvalue weighted by atomic mass is 32.2. The number of hydrogen-bond donors (Lipinski definition) is 1. The van der Waals surface area contributed by atoms with Gasteiger partial charge in [-0.2, -0.15) is 0 Å². The maximum absolute atomic E-state index is 8.80. The van der Waals surface area contributed by atoms with Gasteiger partial charge in [0, 0.05) is 12.4 Å². The molecule has 0 atom stereocenters. The molecule has 1 N–H and O–H groups in total. The summed E-state index contributed by atoms with van der Waals surface area (Å²) in [5.74, 6) is 1.79. The lowest BCUT2D eigenvalue weighted by molar-refractivity contribution is 0.296. The Morgan fingerprint density at radius 3 is 2.72 bits per heavy atom. The van der Waals surface area contributed by atoms with Crippen LogP contribution in [0.2, 0.25) is 0 Å². The second-order valence-electron chi connectivity index (χ2n) is 4.03. The van der Waals surface area contributed by atoms with Gasteiger partial charge in [-0.15, -0.1) is 10.2 Å². The third-order valence-electron chi connectivity index (χ3n) is 2.62. The van der Waals surface area contributed by atoms with Crippen LogP contribution in [0.1, 0.15) is 17.8 Å². The van der Waals surface area contributed by atoms with Crippen molar-refractivity contribution >= 4 is 11.8 Å². The quantitative estimate of drug-likeness (QED) is 0.640. The third-order valence-corrected chi connectivity index (χ3v) is 3.67. The number of aliphatic hydroxyl groups is 1. The molecule has 0 saturated carbocycles. The number of aromatic nitrogens is 3. The Bertz CT molecular complexity index is 484. The highest BCUT2D eigenvalue weighted by Gasteiger charge is 2.09. The van der Waals surface area contributed by atoms with Gasteiger partial charge in [0.15, 0.2) is 5.16 Å². The topological polar surface area (TPSA) is 50.9 Å². The van der Waals surface area contributed by atoms with Crippen molar-refractivity contribution in [1.82, 2.24) is 14.8 Å². The van der Waals surface area contributed by atoms with Crippen LogP contribution >= 0.6 is 11.8 Å². The first-order valence-electron chi connectivity index (χ1n) is 5.98. The normalized spacial score (nSPS) is 10.8. The number of hydrogen-bond acceptors (Lipinski definition) is 4. The van der Waals surface area contributed by atoms with Crippen molar-refractivity contribution in [2.45, 2.75) is 25.0 Å². The first kappa shape index (κ1) is 13.1. The Kier molecular flexibility index (Phi) is 4.78. The maximum atomic E-state index is 8.80. The minimum atomic E-state index is 0.221. The van der Waals surface area contributed by atoms with Crippen molar-refractivity contribution in [1.29, 1.82) is 0 Å². The molecular weight excluding hydrogens is 246 g/mol. The molecule has 0 spiro atoms. The highest BCUT2D eigenvalue weighted by molar-refractivity contribution is 7.99. The summed E-state index contributed by atoms with van der Waals surface area (Å²) in [6.45, 7) is 2.98. The average Bonchev–Trinajstić information content (AvgIpc) is 2.73. The summed E-state index contributed by atoms with van der Waals surface area (Å²) in [6, 6.07) is 10.3. The molecule has 2 rings (SSSR count). The molecule has 96 valence electrons.